The lowest BCUT2D eigenvalue weighted by molar-refractivity contribution is -0.141. The minimum atomic E-state index is -1.01. The zero-order chi connectivity index (χ0) is 22.1. The van der Waals surface area contributed by atoms with Crippen molar-refractivity contribution in [3.63, 3.8) is 0 Å². The van der Waals surface area contributed by atoms with Crippen LogP contribution in [0.15, 0.2) is 35.4 Å². The molecule has 1 heterocycles. The average Bonchev–Trinajstić information content (AvgIpc) is 3.32. The van der Waals surface area contributed by atoms with Gasteiger partial charge in [0.25, 0.3) is 0 Å². The van der Waals surface area contributed by atoms with Crippen LogP contribution in [-0.4, -0.2) is 29.4 Å². The van der Waals surface area contributed by atoms with Crippen molar-refractivity contribution in [1.82, 2.24) is 0 Å². The zero-order valence-corrected chi connectivity index (χ0v) is 17.7. The van der Waals surface area contributed by atoms with Gasteiger partial charge in [0.1, 0.15) is 6.61 Å². The summed E-state index contributed by atoms with van der Waals surface area (Å²) in [7, 11) is 0. The van der Waals surface area contributed by atoms with E-state index in [9.17, 15) is 13.6 Å². The van der Waals surface area contributed by atoms with E-state index in [1.165, 1.54) is 18.1 Å². The SMILES string of the molecule is CC1=NN(c2ccc3c(c2)CCC3)C(COc2c(F)cc(CC(C)C(=O)O)cc2F)C1. The van der Waals surface area contributed by atoms with E-state index >= 15 is 0 Å². The maximum absolute atomic E-state index is 14.5. The second kappa shape index (κ2) is 8.65. The first-order valence-electron chi connectivity index (χ1n) is 10.6. The van der Waals surface area contributed by atoms with Crippen molar-refractivity contribution in [2.24, 2.45) is 11.0 Å². The predicted octanol–water partition coefficient (Wildman–Crippen LogP) is 4.75. The summed E-state index contributed by atoms with van der Waals surface area (Å²) in [5.41, 5.74) is 4.90. The fourth-order valence-electron chi connectivity index (χ4n) is 4.32. The third kappa shape index (κ3) is 4.55. The number of hydrogen-bond donors (Lipinski definition) is 1. The molecule has 0 spiro atoms. The van der Waals surface area contributed by atoms with E-state index in [-0.39, 0.29) is 24.6 Å². The van der Waals surface area contributed by atoms with Gasteiger partial charge in [-0.2, -0.15) is 5.10 Å². The maximum Gasteiger partial charge on any atom is 0.306 e. The summed E-state index contributed by atoms with van der Waals surface area (Å²) >= 11 is 0. The number of rotatable bonds is 7. The number of hydrogen-bond acceptors (Lipinski definition) is 4. The average molecular weight is 428 g/mol. The number of nitrogens with zero attached hydrogens (tertiary/aromatic N) is 2. The summed E-state index contributed by atoms with van der Waals surface area (Å²) in [6.07, 6.45) is 4.02. The quantitative estimate of drug-likeness (QED) is 0.691. The highest BCUT2D eigenvalue weighted by Gasteiger charge is 2.28. The largest absolute Gasteiger partial charge is 0.485 e. The lowest BCUT2D eigenvalue weighted by atomic mass is 10.0. The maximum atomic E-state index is 14.5. The number of carboxylic acids is 1. The van der Waals surface area contributed by atoms with Gasteiger partial charge in [-0.3, -0.25) is 9.80 Å². The topological polar surface area (TPSA) is 62.1 Å². The van der Waals surface area contributed by atoms with Crippen LogP contribution < -0.4 is 9.75 Å². The Hall–Kier alpha value is -2.96. The molecule has 1 aliphatic carbocycles. The molecule has 0 radical (unpaired) electrons. The van der Waals surface area contributed by atoms with Crippen LogP contribution in [0.2, 0.25) is 0 Å². The van der Waals surface area contributed by atoms with Crippen LogP contribution in [0.5, 0.6) is 5.75 Å². The van der Waals surface area contributed by atoms with Gasteiger partial charge in [0.05, 0.1) is 17.6 Å². The van der Waals surface area contributed by atoms with Crippen LogP contribution in [-0.2, 0) is 24.1 Å². The van der Waals surface area contributed by atoms with Crippen molar-refractivity contribution in [3.05, 3.63) is 58.7 Å². The number of fused-ring (bicyclic) bond motifs is 1. The van der Waals surface area contributed by atoms with Crippen LogP contribution in [0, 0.1) is 17.6 Å². The van der Waals surface area contributed by atoms with Gasteiger partial charge < -0.3 is 9.84 Å². The van der Waals surface area contributed by atoms with Gasteiger partial charge in [-0.05, 0) is 73.6 Å². The lowest BCUT2D eigenvalue weighted by Gasteiger charge is -2.24. The molecule has 0 saturated heterocycles. The van der Waals surface area contributed by atoms with Crippen molar-refractivity contribution < 1.29 is 23.4 Å². The van der Waals surface area contributed by atoms with Crippen molar-refractivity contribution >= 4 is 17.4 Å². The highest BCUT2D eigenvalue weighted by Crippen LogP contribution is 2.32. The van der Waals surface area contributed by atoms with Crippen molar-refractivity contribution in [3.8, 4) is 5.75 Å². The summed E-state index contributed by atoms with van der Waals surface area (Å²) < 4.78 is 34.6. The molecule has 7 heteroatoms. The van der Waals surface area contributed by atoms with Gasteiger partial charge in [0, 0.05) is 12.1 Å². The third-order valence-electron chi connectivity index (χ3n) is 5.94. The standard InChI is InChI=1S/C24H26F2N2O3/c1-14(24(29)30)8-16-10-21(25)23(22(26)11-16)31-13-20-9-15(2)27-28(20)19-7-6-17-4-3-5-18(17)12-19/h6-7,10-12,14,20H,3-5,8-9,13H2,1-2H3,(H,29,30). The Labute approximate surface area is 180 Å². The molecule has 2 aliphatic rings. The van der Waals surface area contributed by atoms with Crippen LogP contribution in [0.3, 0.4) is 0 Å². The molecule has 0 aromatic heterocycles. The first kappa shape index (κ1) is 21.3. The second-order valence-electron chi connectivity index (χ2n) is 8.49. The Morgan fingerprint density at radius 2 is 1.94 bits per heavy atom. The Morgan fingerprint density at radius 3 is 2.65 bits per heavy atom. The molecule has 2 aromatic carbocycles. The van der Waals surface area contributed by atoms with Gasteiger partial charge >= 0.3 is 5.97 Å². The Bertz CT molecular complexity index is 1010. The molecule has 1 aliphatic heterocycles. The van der Waals surface area contributed by atoms with Crippen LogP contribution in [0.1, 0.15) is 43.4 Å². The summed E-state index contributed by atoms with van der Waals surface area (Å²) in [6.45, 7) is 3.51. The van der Waals surface area contributed by atoms with E-state index < -0.39 is 29.3 Å². The van der Waals surface area contributed by atoms with Gasteiger partial charge in [-0.15, -0.1) is 0 Å². The van der Waals surface area contributed by atoms with Gasteiger partial charge in [-0.1, -0.05) is 13.0 Å². The number of anilines is 1. The fourth-order valence-corrected chi connectivity index (χ4v) is 4.32. The summed E-state index contributed by atoms with van der Waals surface area (Å²) in [5.74, 6) is -3.83. The number of aliphatic carboxylic acids is 1. The highest BCUT2D eigenvalue weighted by molar-refractivity contribution is 5.86. The normalized spacial score (nSPS) is 18.6. The number of halogens is 2. The molecule has 0 bridgehead atoms. The number of ether oxygens (including phenoxy) is 1. The Balaban J connectivity index is 1.47. The second-order valence-corrected chi connectivity index (χ2v) is 8.49. The van der Waals surface area contributed by atoms with Crippen LogP contribution in [0.25, 0.3) is 0 Å². The Kier molecular flexibility index (Phi) is 5.94. The molecule has 0 fully saturated rings. The Morgan fingerprint density at radius 1 is 1.23 bits per heavy atom. The molecule has 0 saturated carbocycles. The van der Waals surface area contributed by atoms with Crippen molar-refractivity contribution in [2.45, 2.75) is 52.0 Å². The molecule has 4 rings (SSSR count). The number of aryl methyl sites for hydroxylation is 2. The summed E-state index contributed by atoms with van der Waals surface area (Å²) in [6, 6.07) is 8.45. The van der Waals surface area contributed by atoms with Crippen molar-refractivity contribution in [1.29, 1.82) is 0 Å². The number of hydrazone groups is 1. The molecule has 2 aromatic rings. The predicted molar refractivity (Wildman–Crippen MR) is 115 cm³/mol. The van der Waals surface area contributed by atoms with Crippen molar-refractivity contribution in [2.75, 3.05) is 11.6 Å². The molecule has 0 amide bonds. The molecule has 2 unspecified atom stereocenters. The number of carboxylic acid groups (broad SMARTS) is 1. The number of carbonyl (C=O) groups is 1. The van der Waals surface area contributed by atoms with E-state index in [0.717, 1.165) is 42.8 Å². The highest BCUT2D eigenvalue weighted by atomic mass is 19.1. The first-order valence-corrected chi connectivity index (χ1v) is 10.6. The lowest BCUT2D eigenvalue weighted by Crippen LogP contribution is -2.32. The van der Waals surface area contributed by atoms with Gasteiger partial charge in [0.2, 0.25) is 0 Å². The smallest absolute Gasteiger partial charge is 0.306 e. The molecular formula is C24H26F2N2O3. The minimum absolute atomic E-state index is 0.0468. The molecule has 164 valence electrons. The molecular weight excluding hydrogens is 402 g/mol. The number of benzene rings is 2. The van der Waals surface area contributed by atoms with E-state index in [1.807, 2.05) is 18.0 Å². The van der Waals surface area contributed by atoms with E-state index in [1.54, 1.807) is 0 Å². The fraction of sp³-hybridized carbons (Fsp3) is 0.417. The van der Waals surface area contributed by atoms with Crippen LogP contribution >= 0.6 is 0 Å². The summed E-state index contributed by atoms with van der Waals surface area (Å²) in [4.78, 5) is 11.0. The van der Waals surface area contributed by atoms with Gasteiger partial charge in [0.15, 0.2) is 17.4 Å². The zero-order valence-electron chi connectivity index (χ0n) is 17.7. The third-order valence-corrected chi connectivity index (χ3v) is 5.94. The first-order chi connectivity index (χ1) is 14.8. The van der Waals surface area contributed by atoms with Crippen LogP contribution in [0.4, 0.5) is 14.5 Å². The molecule has 5 nitrogen and oxygen atoms in total. The van der Waals surface area contributed by atoms with E-state index in [4.69, 9.17) is 9.84 Å². The molecule has 1 N–H and O–H groups in total. The van der Waals surface area contributed by atoms with E-state index in [2.05, 4.69) is 17.2 Å². The monoisotopic (exact) mass is 428 g/mol. The molecule has 2 atom stereocenters. The minimum Gasteiger partial charge on any atom is -0.485 e. The molecule has 31 heavy (non-hydrogen) atoms. The van der Waals surface area contributed by atoms with Gasteiger partial charge in [-0.25, -0.2) is 8.78 Å². The summed E-state index contributed by atoms with van der Waals surface area (Å²) in [5, 5.41) is 15.5. The van der Waals surface area contributed by atoms with E-state index in [0.29, 0.717) is 6.42 Å².